The number of benzene rings is 2. The van der Waals surface area contributed by atoms with Crippen molar-refractivity contribution in [1.29, 1.82) is 0 Å². The monoisotopic (exact) mass is 339 g/mol. The second-order valence-electron chi connectivity index (χ2n) is 5.76. The van der Waals surface area contributed by atoms with Crippen LogP contribution >= 0.6 is 0 Å². The molecule has 1 heterocycles. The number of carbonyl (C=O) groups excluding carboxylic acids is 1. The molecule has 1 aromatic heterocycles. The summed E-state index contributed by atoms with van der Waals surface area (Å²) < 4.78 is 19.3. The number of nitrogens with zero attached hydrogens (tertiary/aromatic N) is 2. The van der Waals surface area contributed by atoms with Crippen LogP contribution in [0, 0.1) is 5.82 Å². The van der Waals surface area contributed by atoms with Crippen LogP contribution in [-0.2, 0) is 6.54 Å². The Hall–Kier alpha value is -3.15. The van der Waals surface area contributed by atoms with E-state index < -0.39 is 5.82 Å². The first kappa shape index (κ1) is 16.7. The molecule has 0 saturated carbocycles. The molecule has 5 nitrogen and oxygen atoms in total. The normalized spacial score (nSPS) is 10.5. The summed E-state index contributed by atoms with van der Waals surface area (Å²) in [4.78, 5) is 17.7. The standard InChI is InChI=1S/C19H18FN3O2/c1-23(2)19(24)16-10-14(8-9-17(16)20)21-11-15-12-25-18(22-15)13-6-4-3-5-7-13/h3-10,12,21H,11H2,1-2H3. The van der Waals surface area contributed by atoms with Crippen molar-refractivity contribution in [2.24, 2.45) is 0 Å². The third-order valence-electron chi connectivity index (χ3n) is 3.65. The van der Waals surface area contributed by atoms with Crippen molar-refractivity contribution in [3.8, 4) is 11.5 Å². The molecule has 0 atom stereocenters. The van der Waals surface area contributed by atoms with E-state index in [1.807, 2.05) is 30.3 Å². The Bertz CT molecular complexity index is 875. The fourth-order valence-electron chi connectivity index (χ4n) is 2.33. The Morgan fingerprint density at radius 1 is 1.20 bits per heavy atom. The van der Waals surface area contributed by atoms with Crippen molar-refractivity contribution >= 4 is 11.6 Å². The van der Waals surface area contributed by atoms with E-state index in [4.69, 9.17) is 4.42 Å². The summed E-state index contributed by atoms with van der Waals surface area (Å²) in [6, 6.07) is 14.0. The highest BCUT2D eigenvalue weighted by molar-refractivity contribution is 5.95. The van der Waals surface area contributed by atoms with E-state index in [-0.39, 0.29) is 11.5 Å². The Labute approximate surface area is 145 Å². The third kappa shape index (κ3) is 3.85. The fourth-order valence-corrected chi connectivity index (χ4v) is 2.33. The van der Waals surface area contributed by atoms with Crippen LogP contribution < -0.4 is 5.32 Å². The van der Waals surface area contributed by atoms with E-state index >= 15 is 0 Å². The number of anilines is 1. The van der Waals surface area contributed by atoms with Crippen LogP contribution in [0.2, 0.25) is 0 Å². The number of amides is 1. The molecule has 1 amide bonds. The van der Waals surface area contributed by atoms with Gasteiger partial charge in [0.15, 0.2) is 0 Å². The van der Waals surface area contributed by atoms with Crippen molar-refractivity contribution in [2.45, 2.75) is 6.54 Å². The molecule has 6 heteroatoms. The van der Waals surface area contributed by atoms with E-state index in [1.54, 1.807) is 26.4 Å². The number of oxazole rings is 1. The van der Waals surface area contributed by atoms with Gasteiger partial charge >= 0.3 is 0 Å². The summed E-state index contributed by atoms with van der Waals surface area (Å²) in [5, 5.41) is 3.13. The molecular formula is C19H18FN3O2. The Morgan fingerprint density at radius 2 is 1.96 bits per heavy atom. The minimum atomic E-state index is -0.544. The van der Waals surface area contributed by atoms with Crippen molar-refractivity contribution in [3.63, 3.8) is 0 Å². The van der Waals surface area contributed by atoms with E-state index in [0.717, 1.165) is 5.56 Å². The molecule has 0 spiro atoms. The molecule has 0 unspecified atom stereocenters. The van der Waals surface area contributed by atoms with Gasteiger partial charge < -0.3 is 14.6 Å². The number of nitrogens with one attached hydrogen (secondary N) is 1. The Kier molecular flexibility index (Phi) is 4.79. The maximum Gasteiger partial charge on any atom is 0.256 e. The van der Waals surface area contributed by atoms with Gasteiger partial charge in [-0.15, -0.1) is 0 Å². The first-order chi connectivity index (χ1) is 12.0. The zero-order valence-corrected chi connectivity index (χ0v) is 14.0. The quantitative estimate of drug-likeness (QED) is 0.768. The van der Waals surface area contributed by atoms with Gasteiger partial charge in [0, 0.05) is 25.3 Å². The van der Waals surface area contributed by atoms with Crippen LogP contribution in [0.5, 0.6) is 0 Å². The number of carbonyl (C=O) groups is 1. The fraction of sp³-hybridized carbons (Fsp3) is 0.158. The number of rotatable bonds is 5. The minimum Gasteiger partial charge on any atom is -0.444 e. The van der Waals surface area contributed by atoms with Crippen molar-refractivity contribution in [3.05, 3.63) is 71.9 Å². The van der Waals surface area contributed by atoms with E-state index in [2.05, 4.69) is 10.3 Å². The number of hydrogen-bond donors (Lipinski definition) is 1. The van der Waals surface area contributed by atoms with Gasteiger partial charge in [-0.05, 0) is 30.3 Å². The lowest BCUT2D eigenvalue weighted by Crippen LogP contribution is -2.23. The zero-order valence-electron chi connectivity index (χ0n) is 14.0. The van der Waals surface area contributed by atoms with Gasteiger partial charge in [-0.2, -0.15) is 0 Å². The number of halogens is 1. The van der Waals surface area contributed by atoms with Crippen LogP contribution in [0.3, 0.4) is 0 Å². The first-order valence-electron chi connectivity index (χ1n) is 7.79. The molecule has 1 N–H and O–H groups in total. The predicted molar refractivity (Wildman–Crippen MR) is 93.7 cm³/mol. The van der Waals surface area contributed by atoms with Gasteiger partial charge in [0.05, 0.1) is 17.8 Å². The molecule has 3 aromatic rings. The maximum absolute atomic E-state index is 13.8. The summed E-state index contributed by atoms with van der Waals surface area (Å²) in [7, 11) is 3.17. The van der Waals surface area contributed by atoms with Gasteiger partial charge in [0.25, 0.3) is 5.91 Å². The highest BCUT2D eigenvalue weighted by Gasteiger charge is 2.14. The molecule has 0 aliphatic rings. The molecule has 0 aliphatic carbocycles. The summed E-state index contributed by atoms with van der Waals surface area (Å²) in [5.74, 6) is -0.383. The molecule has 0 radical (unpaired) electrons. The molecule has 0 saturated heterocycles. The number of hydrogen-bond acceptors (Lipinski definition) is 4. The average molecular weight is 339 g/mol. The zero-order chi connectivity index (χ0) is 17.8. The SMILES string of the molecule is CN(C)C(=O)c1cc(NCc2coc(-c3ccccc3)n2)ccc1F. The van der Waals surface area contributed by atoms with Crippen LogP contribution in [0.4, 0.5) is 10.1 Å². The van der Waals surface area contributed by atoms with Gasteiger partial charge in [-0.3, -0.25) is 4.79 Å². The maximum atomic E-state index is 13.8. The molecule has 3 rings (SSSR count). The predicted octanol–water partition coefficient (Wildman–Crippen LogP) is 3.79. The van der Waals surface area contributed by atoms with Crippen LogP contribution in [0.25, 0.3) is 11.5 Å². The third-order valence-corrected chi connectivity index (χ3v) is 3.65. The second-order valence-corrected chi connectivity index (χ2v) is 5.76. The summed E-state index contributed by atoms with van der Waals surface area (Å²) in [6.07, 6.45) is 1.57. The lowest BCUT2D eigenvalue weighted by atomic mass is 10.1. The summed E-state index contributed by atoms with van der Waals surface area (Å²) >= 11 is 0. The molecule has 0 aliphatic heterocycles. The average Bonchev–Trinajstić information content (AvgIpc) is 3.10. The highest BCUT2D eigenvalue weighted by Crippen LogP contribution is 2.20. The molecule has 128 valence electrons. The second kappa shape index (κ2) is 7.17. The molecular weight excluding hydrogens is 321 g/mol. The first-order valence-corrected chi connectivity index (χ1v) is 7.79. The molecule has 0 bridgehead atoms. The van der Waals surface area contributed by atoms with Crippen LogP contribution in [0.15, 0.2) is 59.2 Å². The summed E-state index contributed by atoms with van der Waals surface area (Å²) in [6.45, 7) is 0.400. The molecule has 2 aromatic carbocycles. The van der Waals surface area contributed by atoms with E-state index in [0.29, 0.717) is 23.8 Å². The van der Waals surface area contributed by atoms with Crippen molar-refractivity contribution in [1.82, 2.24) is 9.88 Å². The largest absolute Gasteiger partial charge is 0.444 e. The minimum absolute atomic E-state index is 0.0279. The highest BCUT2D eigenvalue weighted by atomic mass is 19.1. The van der Waals surface area contributed by atoms with Gasteiger partial charge in [-0.25, -0.2) is 9.37 Å². The topological polar surface area (TPSA) is 58.4 Å². The van der Waals surface area contributed by atoms with Gasteiger partial charge in [0.2, 0.25) is 5.89 Å². The van der Waals surface area contributed by atoms with Gasteiger partial charge in [-0.1, -0.05) is 18.2 Å². The lowest BCUT2D eigenvalue weighted by molar-refractivity contribution is 0.0823. The lowest BCUT2D eigenvalue weighted by Gasteiger charge is -2.12. The molecule has 0 fully saturated rings. The van der Waals surface area contributed by atoms with Crippen LogP contribution in [-0.4, -0.2) is 29.9 Å². The smallest absolute Gasteiger partial charge is 0.256 e. The molecule has 25 heavy (non-hydrogen) atoms. The Morgan fingerprint density at radius 3 is 2.68 bits per heavy atom. The number of aromatic nitrogens is 1. The van der Waals surface area contributed by atoms with Crippen molar-refractivity contribution < 1.29 is 13.6 Å². The van der Waals surface area contributed by atoms with E-state index in [1.165, 1.54) is 17.0 Å². The Balaban J connectivity index is 1.71. The summed E-state index contributed by atoms with van der Waals surface area (Å²) in [5.41, 5.74) is 2.27. The van der Waals surface area contributed by atoms with E-state index in [9.17, 15) is 9.18 Å². The van der Waals surface area contributed by atoms with Gasteiger partial charge in [0.1, 0.15) is 12.1 Å². The van der Waals surface area contributed by atoms with Crippen LogP contribution in [0.1, 0.15) is 16.1 Å². The van der Waals surface area contributed by atoms with Crippen molar-refractivity contribution in [2.75, 3.05) is 19.4 Å².